The number of piperazine rings is 1. The molecule has 1 heterocycles. The summed E-state index contributed by atoms with van der Waals surface area (Å²) in [5.74, 6) is 0.954. The van der Waals surface area contributed by atoms with Gasteiger partial charge in [-0.25, -0.2) is 0 Å². The van der Waals surface area contributed by atoms with Crippen LogP contribution >= 0.6 is 0 Å². The number of methoxy groups -OCH3 is 1. The monoisotopic (exact) mass is 353 g/mol. The van der Waals surface area contributed by atoms with Crippen molar-refractivity contribution in [2.75, 3.05) is 44.7 Å². The molecule has 1 aliphatic rings. The molecule has 0 radical (unpaired) electrons. The number of hydrogen-bond donors (Lipinski definition) is 1. The molecule has 138 valence electrons. The van der Waals surface area contributed by atoms with Gasteiger partial charge in [-0.2, -0.15) is 0 Å². The molecule has 0 bridgehead atoms. The Bertz CT molecular complexity index is 712. The molecule has 5 nitrogen and oxygen atoms in total. The zero-order valence-corrected chi connectivity index (χ0v) is 15.5. The number of benzene rings is 2. The standard InChI is InChI=1S/C21H27N3O2/c1-17(18-7-4-3-5-8-18)22-21(25)16-23-11-13-24(14-12-23)19-9-6-10-20(15-19)26-2/h3-10,15,17H,11-14,16H2,1-2H3,(H,22,25)/t17-/m1/s1. The molecular weight excluding hydrogens is 326 g/mol. The lowest BCUT2D eigenvalue weighted by atomic mass is 10.1. The van der Waals surface area contributed by atoms with Gasteiger partial charge in [-0.3, -0.25) is 9.69 Å². The van der Waals surface area contributed by atoms with E-state index >= 15 is 0 Å². The molecule has 1 aliphatic heterocycles. The Balaban J connectivity index is 1.47. The summed E-state index contributed by atoms with van der Waals surface area (Å²) in [6.07, 6.45) is 0. The van der Waals surface area contributed by atoms with E-state index in [1.807, 2.05) is 49.4 Å². The first-order valence-corrected chi connectivity index (χ1v) is 9.11. The van der Waals surface area contributed by atoms with E-state index in [4.69, 9.17) is 4.74 Å². The molecule has 0 unspecified atom stereocenters. The topological polar surface area (TPSA) is 44.8 Å². The first-order valence-electron chi connectivity index (χ1n) is 9.11. The van der Waals surface area contributed by atoms with E-state index in [-0.39, 0.29) is 11.9 Å². The Morgan fingerprint density at radius 1 is 1.08 bits per heavy atom. The van der Waals surface area contributed by atoms with E-state index in [1.54, 1.807) is 7.11 Å². The number of carbonyl (C=O) groups excluding carboxylic acids is 1. The van der Waals surface area contributed by atoms with Crippen LogP contribution in [0.3, 0.4) is 0 Å². The van der Waals surface area contributed by atoms with E-state index in [1.165, 1.54) is 5.69 Å². The normalized spacial score (nSPS) is 16.2. The Labute approximate surface area is 155 Å². The van der Waals surface area contributed by atoms with E-state index in [0.717, 1.165) is 37.5 Å². The first-order chi connectivity index (χ1) is 12.7. The van der Waals surface area contributed by atoms with Gasteiger partial charge in [0, 0.05) is 37.9 Å². The van der Waals surface area contributed by atoms with Crippen LogP contribution in [-0.2, 0) is 4.79 Å². The highest BCUT2D eigenvalue weighted by molar-refractivity contribution is 5.78. The van der Waals surface area contributed by atoms with Gasteiger partial charge in [0.1, 0.15) is 5.75 Å². The van der Waals surface area contributed by atoms with Crippen molar-refractivity contribution in [3.63, 3.8) is 0 Å². The maximum absolute atomic E-state index is 12.3. The summed E-state index contributed by atoms with van der Waals surface area (Å²) < 4.78 is 5.30. The van der Waals surface area contributed by atoms with Crippen molar-refractivity contribution >= 4 is 11.6 Å². The smallest absolute Gasteiger partial charge is 0.234 e. The van der Waals surface area contributed by atoms with Crippen LogP contribution in [0.15, 0.2) is 54.6 Å². The van der Waals surface area contributed by atoms with Gasteiger partial charge in [0.2, 0.25) is 5.91 Å². The summed E-state index contributed by atoms with van der Waals surface area (Å²) >= 11 is 0. The van der Waals surface area contributed by atoms with Crippen molar-refractivity contribution in [1.29, 1.82) is 0 Å². The van der Waals surface area contributed by atoms with Crippen LogP contribution in [0.2, 0.25) is 0 Å². The number of anilines is 1. The van der Waals surface area contributed by atoms with Crippen molar-refractivity contribution in [1.82, 2.24) is 10.2 Å². The number of ether oxygens (including phenoxy) is 1. The largest absolute Gasteiger partial charge is 0.497 e. The Hall–Kier alpha value is -2.53. The van der Waals surface area contributed by atoms with Gasteiger partial charge in [-0.15, -0.1) is 0 Å². The van der Waals surface area contributed by atoms with Crippen molar-refractivity contribution in [2.24, 2.45) is 0 Å². The molecule has 5 heteroatoms. The van der Waals surface area contributed by atoms with E-state index < -0.39 is 0 Å². The minimum atomic E-state index is 0.0294. The highest BCUT2D eigenvalue weighted by atomic mass is 16.5. The molecule has 0 aliphatic carbocycles. The van der Waals surface area contributed by atoms with Gasteiger partial charge < -0.3 is 15.0 Å². The minimum absolute atomic E-state index is 0.0294. The zero-order chi connectivity index (χ0) is 18.4. The Morgan fingerprint density at radius 3 is 2.50 bits per heavy atom. The predicted molar refractivity (Wildman–Crippen MR) is 105 cm³/mol. The molecule has 3 rings (SSSR count). The van der Waals surface area contributed by atoms with Crippen LogP contribution in [0.5, 0.6) is 5.75 Å². The maximum Gasteiger partial charge on any atom is 0.234 e. The molecule has 1 atom stereocenters. The summed E-state index contributed by atoms with van der Waals surface area (Å²) in [6, 6.07) is 18.2. The molecule has 0 spiro atoms. The highest BCUT2D eigenvalue weighted by Gasteiger charge is 2.20. The van der Waals surface area contributed by atoms with E-state index in [2.05, 4.69) is 27.2 Å². The lowest BCUT2D eigenvalue weighted by molar-refractivity contribution is -0.123. The van der Waals surface area contributed by atoms with Gasteiger partial charge in [-0.05, 0) is 24.6 Å². The molecule has 1 amide bonds. The molecule has 26 heavy (non-hydrogen) atoms. The second-order valence-corrected chi connectivity index (χ2v) is 6.66. The number of nitrogens with zero attached hydrogens (tertiary/aromatic N) is 2. The number of carbonyl (C=O) groups is 1. The molecular formula is C21H27N3O2. The van der Waals surface area contributed by atoms with Crippen molar-refractivity contribution < 1.29 is 9.53 Å². The zero-order valence-electron chi connectivity index (χ0n) is 15.5. The SMILES string of the molecule is COc1cccc(N2CCN(CC(=O)N[C@H](C)c3ccccc3)CC2)c1. The maximum atomic E-state index is 12.3. The third-order valence-corrected chi connectivity index (χ3v) is 4.84. The van der Waals surface area contributed by atoms with Gasteiger partial charge in [0.25, 0.3) is 0 Å². The van der Waals surface area contributed by atoms with E-state index in [0.29, 0.717) is 6.54 Å². The Morgan fingerprint density at radius 2 is 1.81 bits per heavy atom. The van der Waals surface area contributed by atoms with Crippen LogP contribution in [0.25, 0.3) is 0 Å². The fraction of sp³-hybridized carbons (Fsp3) is 0.381. The second-order valence-electron chi connectivity index (χ2n) is 6.66. The van der Waals surface area contributed by atoms with Crippen LogP contribution < -0.4 is 15.0 Å². The summed E-state index contributed by atoms with van der Waals surface area (Å²) in [7, 11) is 1.69. The van der Waals surface area contributed by atoms with Gasteiger partial charge in [0.05, 0.1) is 19.7 Å². The average molecular weight is 353 g/mol. The molecule has 1 N–H and O–H groups in total. The number of rotatable bonds is 6. The number of nitrogens with one attached hydrogen (secondary N) is 1. The summed E-state index contributed by atoms with van der Waals surface area (Å²) in [6.45, 7) is 6.05. The average Bonchev–Trinajstić information content (AvgIpc) is 2.69. The molecule has 2 aromatic carbocycles. The van der Waals surface area contributed by atoms with Crippen LogP contribution in [0, 0.1) is 0 Å². The van der Waals surface area contributed by atoms with Crippen molar-refractivity contribution in [3.05, 3.63) is 60.2 Å². The number of amides is 1. The fourth-order valence-electron chi connectivity index (χ4n) is 3.29. The first kappa shape index (κ1) is 18.3. The quantitative estimate of drug-likeness (QED) is 0.867. The summed E-state index contributed by atoms with van der Waals surface area (Å²) in [5, 5.41) is 3.09. The third kappa shape index (κ3) is 4.76. The molecule has 0 saturated carbocycles. The number of hydrogen-bond acceptors (Lipinski definition) is 4. The molecule has 1 fully saturated rings. The minimum Gasteiger partial charge on any atom is -0.497 e. The van der Waals surface area contributed by atoms with Gasteiger partial charge in [-0.1, -0.05) is 36.4 Å². The molecule has 1 saturated heterocycles. The predicted octanol–water partition coefficient (Wildman–Crippen LogP) is 2.69. The second kappa shape index (κ2) is 8.72. The van der Waals surface area contributed by atoms with Crippen LogP contribution in [0.1, 0.15) is 18.5 Å². The van der Waals surface area contributed by atoms with Crippen molar-refractivity contribution in [2.45, 2.75) is 13.0 Å². The third-order valence-electron chi connectivity index (χ3n) is 4.84. The van der Waals surface area contributed by atoms with Gasteiger partial charge >= 0.3 is 0 Å². The Kier molecular flexibility index (Phi) is 6.12. The molecule has 0 aromatic heterocycles. The highest BCUT2D eigenvalue weighted by Crippen LogP contribution is 2.22. The van der Waals surface area contributed by atoms with Crippen LogP contribution in [-0.4, -0.2) is 50.6 Å². The summed E-state index contributed by atoms with van der Waals surface area (Å²) in [4.78, 5) is 16.9. The van der Waals surface area contributed by atoms with Crippen molar-refractivity contribution in [3.8, 4) is 5.75 Å². The van der Waals surface area contributed by atoms with E-state index in [9.17, 15) is 4.79 Å². The lowest BCUT2D eigenvalue weighted by Crippen LogP contribution is -2.49. The summed E-state index contributed by atoms with van der Waals surface area (Å²) in [5.41, 5.74) is 2.30. The van der Waals surface area contributed by atoms with Gasteiger partial charge in [0.15, 0.2) is 0 Å². The molecule has 2 aromatic rings. The lowest BCUT2D eigenvalue weighted by Gasteiger charge is -2.36. The van der Waals surface area contributed by atoms with Crippen LogP contribution in [0.4, 0.5) is 5.69 Å². The fourth-order valence-corrected chi connectivity index (χ4v) is 3.29.